The minimum absolute atomic E-state index is 0.0715. The van der Waals surface area contributed by atoms with E-state index in [1.165, 1.54) is 0 Å². The average molecular weight is 340 g/mol. The number of carboxylic acid groups (broad SMARTS) is 1. The van der Waals surface area contributed by atoms with Crippen LogP contribution >= 0.6 is 0 Å². The van der Waals surface area contributed by atoms with Crippen LogP contribution in [-0.2, 0) is 16.1 Å². The summed E-state index contributed by atoms with van der Waals surface area (Å²) in [5.74, 6) is -0.741. The van der Waals surface area contributed by atoms with Gasteiger partial charge in [0.2, 0.25) is 5.91 Å². The van der Waals surface area contributed by atoms with Gasteiger partial charge in [0.15, 0.2) is 0 Å². The first-order valence-electron chi connectivity index (χ1n) is 8.59. The van der Waals surface area contributed by atoms with Gasteiger partial charge in [-0.15, -0.1) is 0 Å². The van der Waals surface area contributed by atoms with Gasteiger partial charge in [-0.05, 0) is 54.7 Å². The molecule has 0 radical (unpaired) electrons. The number of benzene rings is 1. The predicted octanol–water partition coefficient (Wildman–Crippen LogP) is 3.74. The fraction of sp³-hybridized carbons (Fsp3) is 0.350. The van der Waals surface area contributed by atoms with E-state index < -0.39 is 5.97 Å². The Labute approximate surface area is 148 Å². The number of carbonyl (C=O) groups is 2. The molecular formula is C20H24N2O3. The molecule has 0 atom stereocenters. The van der Waals surface area contributed by atoms with Crippen molar-refractivity contribution in [3.05, 3.63) is 54.4 Å². The number of rotatable bonds is 9. The zero-order valence-corrected chi connectivity index (χ0v) is 14.5. The number of amides is 1. The highest BCUT2D eigenvalue weighted by Crippen LogP contribution is 2.20. The van der Waals surface area contributed by atoms with Crippen LogP contribution in [0.1, 0.15) is 38.2 Å². The van der Waals surface area contributed by atoms with Crippen molar-refractivity contribution < 1.29 is 14.7 Å². The van der Waals surface area contributed by atoms with Crippen LogP contribution in [0.25, 0.3) is 11.1 Å². The Bertz CT molecular complexity index is 701. The number of hydrogen-bond acceptors (Lipinski definition) is 3. The van der Waals surface area contributed by atoms with E-state index in [0.717, 1.165) is 16.7 Å². The minimum atomic E-state index is -0.812. The maximum Gasteiger partial charge on any atom is 0.303 e. The lowest BCUT2D eigenvalue weighted by Crippen LogP contribution is -2.30. The number of carboxylic acids is 1. The topological polar surface area (TPSA) is 70.5 Å². The Morgan fingerprint density at radius 2 is 1.76 bits per heavy atom. The number of nitrogens with zero attached hydrogens (tertiary/aromatic N) is 2. The molecule has 0 unspecified atom stereocenters. The highest BCUT2D eigenvalue weighted by Gasteiger charge is 2.12. The van der Waals surface area contributed by atoms with Gasteiger partial charge in [-0.2, -0.15) is 0 Å². The monoisotopic (exact) mass is 340 g/mol. The van der Waals surface area contributed by atoms with Crippen LogP contribution in [0.15, 0.2) is 48.8 Å². The van der Waals surface area contributed by atoms with Crippen LogP contribution in [0.4, 0.5) is 0 Å². The van der Waals surface area contributed by atoms with E-state index in [9.17, 15) is 9.59 Å². The van der Waals surface area contributed by atoms with Crippen LogP contribution in [0.5, 0.6) is 0 Å². The second-order valence-electron chi connectivity index (χ2n) is 5.95. The molecule has 132 valence electrons. The van der Waals surface area contributed by atoms with E-state index in [1.54, 1.807) is 12.4 Å². The quantitative estimate of drug-likeness (QED) is 0.706. The Morgan fingerprint density at radius 3 is 2.44 bits per heavy atom. The Morgan fingerprint density at radius 1 is 1.04 bits per heavy atom. The molecule has 0 aliphatic rings. The molecule has 0 aliphatic carbocycles. The third kappa shape index (κ3) is 6.03. The highest BCUT2D eigenvalue weighted by molar-refractivity contribution is 5.76. The Hall–Kier alpha value is -2.69. The van der Waals surface area contributed by atoms with Gasteiger partial charge in [0.25, 0.3) is 0 Å². The van der Waals surface area contributed by atoms with Gasteiger partial charge in [-0.1, -0.05) is 18.2 Å². The van der Waals surface area contributed by atoms with Crippen molar-refractivity contribution in [2.24, 2.45) is 0 Å². The summed E-state index contributed by atoms with van der Waals surface area (Å²) in [5.41, 5.74) is 3.28. The smallest absolute Gasteiger partial charge is 0.303 e. The van der Waals surface area contributed by atoms with E-state index in [-0.39, 0.29) is 12.3 Å². The number of hydrogen-bond donors (Lipinski definition) is 1. The third-order valence-electron chi connectivity index (χ3n) is 4.08. The van der Waals surface area contributed by atoms with Gasteiger partial charge in [-0.25, -0.2) is 0 Å². The maximum absolute atomic E-state index is 12.3. The van der Waals surface area contributed by atoms with Crippen LogP contribution in [0.3, 0.4) is 0 Å². The van der Waals surface area contributed by atoms with E-state index in [1.807, 2.05) is 42.2 Å². The van der Waals surface area contributed by atoms with Crippen molar-refractivity contribution in [1.82, 2.24) is 9.88 Å². The average Bonchev–Trinajstić information content (AvgIpc) is 2.64. The standard InChI is InChI=1S/C20H24N2O3/c1-2-22(19(23)8-3-4-9-20(24)25)15-16-6-5-7-18(14-16)17-10-12-21-13-11-17/h5-7,10-14H,2-4,8-9,15H2,1H3,(H,24,25). The van der Waals surface area contributed by atoms with Crippen molar-refractivity contribution in [2.45, 2.75) is 39.2 Å². The van der Waals surface area contributed by atoms with E-state index in [0.29, 0.717) is 32.4 Å². The van der Waals surface area contributed by atoms with Crippen molar-refractivity contribution in [3.63, 3.8) is 0 Å². The first kappa shape index (κ1) is 18.6. The second kappa shape index (κ2) is 9.57. The minimum Gasteiger partial charge on any atom is -0.481 e. The summed E-state index contributed by atoms with van der Waals surface area (Å²) >= 11 is 0. The fourth-order valence-corrected chi connectivity index (χ4v) is 2.70. The van der Waals surface area contributed by atoms with E-state index >= 15 is 0 Å². The highest BCUT2D eigenvalue weighted by atomic mass is 16.4. The van der Waals surface area contributed by atoms with Crippen LogP contribution in [0, 0.1) is 0 Å². The van der Waals surface area contributed by atoms with Gasteiger partial charge in [0.1, 0.15) is 0 Å². The lowest BCUT2D eigenvalue weighted by molar-refractivity contribution is -0.137. The number of aliphatic carboxylic acids is 1. The molecule has 0 spiro atoms. The fourth-order valence-electron chi connectivity index (χ4n) is 2.70. The normalized spacial score (nSPS) is 10.4. The summed E-state index contributed by atoms with van der Waals surface area (Å²) in [6.45, 7) is 3.16. The number of pyridine rings is 1. The van der Waals surface area contributed by atoms with E-state index in [4.69, 9.17) is 5.11 Å². The summed E-state index contributed by atoms with van der Waals surface area (Å²) in [6.07, 6.45) is 5.19. The number of carbonyl (C=O) groups excluding carboxylic acids is 1. The first-order valence-corrected chi connectivity index (χ1v) is 8.59. The van der Waals surface area contributed by atoms with Gasteiger partial charge >= 0.3 is 5.97 Å². The molecule has 0 saturated carbocycles. The molecule has 5 nitrogen and oxygen atoms in total. The third-order valence-corrected chi connectivity index (χ3v) is 4.08. The van der Waals surface area contributed by atoms with Gasteiger partial charge in [0.05, 0.1) is 0 Å². The van der Waals surface area contributed by atoms with Crippen molar-refractivity contribution in [3.8, 4) is 11.1 Å². The molecule has 1 N–H and O–H groups in total. The van der Waals surface area contributed by atoms with Crippen molar-refractivity contribution in [2.75, 3.05) is 6.54 Å². The zero-order valence-electron chi connectivity index (χ0n) is 14.5. The largest absolute Gasteiger partial charge is 0.481 e. The Balaban J connectivity index is 1.96. The molecule has 2 rings (SSSR count). The van der Waals surface area contributed by atoms with Crippen molar-refractivity contribution in [1.29, 1.82) is 0 Å². The van der Waals surface area contributed by atoms with Crippen LogP contribution in [0.2, 0.25) is 0 Å². The first-order chi connectivity index (χ1) is 12.1. The summed E-state index contributed by atoms with van der Waals surface area (Å²) < 4.78 is 0. The molecule has 1 aromatic heterocycles. The van der Waals surface area contributed by atoms with Crippen LogP contribution in [-0.4, -0.2) is 33.4 Å². The second-order valence-corrected chi connectivity index (χ2v) is 5.95. The molecule has 0 fully saturated rings. The SMILES string of the molecule is CCN(Cc1cccc(-c2ccncc2)c1)C(=O)CCCCC(=O)O. The van der Waals surface area contributed by atoms with Crippen LogP contribution < -0.4 is 0 Å². The van der Waals surface area contributed by atoms with E-state index in [2.05, 4.69) is 11.1 Å². The molecular weight excluding hydrogens is 316 g/mol. The molecule has 0 bridgehead atoms. The molecule has 1 aromatic carbocycles. The summed E-state index contributed by atoms with van der Waals surface area (Å²) in [7, 11) is 0. The predicted molar refractivity (Wildman–Crippen MR) is 96.9 cm³/mol. The summed E-state index contributed by atoms with van der Waals surface area (Å²) in [5, 5.41) is 8.65. The number of aromatic nitrogens is 1. The number of unbranched alkanes of at least 4 members (excludes halogenated alkanes) is 1. The molecule has 1 amide bonds. The molecule has 1 heterocycles. The molecule has 2 aromatic rings. The van der Waals surface area contributed by atoms with Gasteiger partial charge in [-0.3, -0.25) is 14.6 Å². The van der Waals surface area contributed by atoms with Crippen molar-refractivity contribution >= 4 is 11.9 Å². The lowest BCUT2D eigenvalue weighted by Gasteiger charge is -2.21. The molecule has 0 aliphatic heterocycles. The molecule has 5 heteroatoms. The van der Waals surface area contributed by atoms with Gasteiger partial charge < -0.3 is 10.0 Å². The zero-order chi connectivity index (χ0) is 18.1. The summed E-state index contributed by atoms with van der Waals surface area (Å²) in [4.78, 5) is 28.7. The molecule has 25 heavy (non-hydrogen) atoms. The molecule has 0 saturated heterocycles. The van der Waals surface area contributed by atoms with Gasteiger partial charge in [0, 0.05) is 38.3 Å². The maximum atomic E-state index is 12.3. The summed E-state index contributed by atoms with van der Waals surface area (Å²) in [6, 6.07) is 12.1. The Kier molecular flexibility index (Phi) is 7.14. The lowest BCUT2D eigenvalue weighted by atomic mass is 10.0.